The van der Waals surface area contributed by atoms with Crippen LogP contribution < -0.4 is 15.5 Å². The topological polar surface area (TPSA) is 78.5 Å². The number of carbonyl (C=O) groups excluding carboxylic acids is 3. The zero-order valence-corrected chi connectivity index (χ0v) is 13.9. The van der Waals surface area contributed by atoms with E-state index in [2.05, 4.69) is 10.6 Å². The number of benzene rings is 2. The van der Waals surface area contributed by atoms with E-state index in [0.29, 0.717) is 24.3 Å². The summed E-state index contributed by atoms with van der Waals surface area (Å²) in [7, 11) is 0. The fraction of sp³-hybridized carbons (Fsp3) is 0.211. The molecule has 1 aliphatic heterocycles. The highest BCUT2D eigenvalue weighted by Crippen LogP contribution is 2.27. The Labute approximate surface area is 145 Å². The minimum Gasteiger partial charge on any atom is -0.318 e. The average molecular weight is 337 g/mol. The molecule has 1 fully saturated rings. The number of para-hydroxylation sites is 1. The second-order valence-corrected chi connectivity index (χ2v) is 5.92. The summed E-state index contributed by atoms with van der Waals surface area (Å²) >= 11 is 0. The number of amides is 3. The van der Waals surface area contributed by atoms with Crippen LogP contribution in [0.25, 0.3) is 0 Å². The van der Waals surface area contributed by atoms with Crippen LogP contribution in [0.15, 0.2) is 48.5 Å². The summed E-state index contributed by atoms with van der Waals surface area (Å²) in [6.07, 6.45) is 1.42. The number of rotatable bonds is 3. The summed E-state index contributed by atoms with van der Waals surface area (Å²) in [6.45, 7) is 2.59. The second-order valence-electron chi connectivity index (χ2n) is 5.92. The molecule has 6 nitrogen and oxygen atoms in total. The Balaban J connectivity index is 1.66. The number of carbonyl (C=O) groups is 3. The molecule has 128 valence electrons. The molecule has 3 rings (SSSR count). The maximum Gasteiger partial charge on any atom is 0.314 e. The Morgan fingerprint density at radius 2 is 1.64 bits per heavy atom. The van der Waals surface area contributed by atoms with Gasteiger partial charge < -0.3 is 15.5 Å². The Kier molecular flexibility index (Phi) is 4.79. The van der Waals surface area contributed by atoms with Crippen molar-refractivity contribution in [2.24, 2.45) is 0 Å². The molecule has 0 unspecified atom stereocenters. The average Bonchev–Trinajstić information content (AvgIpc) is 3.01. The highest BCUT2D eigenvalue weighted by Gasteiger charge is 2.23. The van der Waals surface area contributed by atoms with Gasteiger partial charge in [0.15, 0.2) is 0 Å². The van der Waals surface area contributed by atoms with E-state index < -0.39 is 11.8 Å². The SMILES string of the molecule is Cc1cc(NC(=O)C(=O)Nc2ccccc2)ccc1N1CCCC1=O. The minimum absolute atomic E-state index is 0.113. The molecule has 0 aliphatic carbocycles. The Bertz CT molecular complexity index is 818. The van der Waals surface area contributed by atoms with Gasteiger partial charge in [-0.1, -0.05) is 18.2 Å². The molecular weight excluding hydrogens is 318 g/mol. The van der Waals surface area contributed by atoms with Crippen LogP contribution in [0.5, 0.6) is 0 Å². The van der Waals surface area contributed by atoms with Gasteiger partial charge in [-0.3, -0.25) is 14.4 Å². The summed E-state index contributed by atoms with van der Waals surface area (Å²) in [6, 6.07) is 14.0. The molecule has 0 bridgehead atoms. The van der Waals surface area contributed by atoms with Gasteiger partial charge in [0.25, 0.3) is 0 Å². The lowest BCUT2D eigenvalue weighted by molar-refractivity contribution is -0.132. The van der Waals surface area contributed by atoms with Gasteiger partial charge in [0.1, 0.15) is 0 Å². The van der Waals surface area contributed by atoms with Crippen LogP contribution in [0.3, 0.4) is 0 Å². The van der Waals surface area contributed by atoms with Gasteiger partial charge in [0, 0.05) is 30.0 Å². The lowest BCUT2D eigenvalue weighted by Crippen LogP contribution is -2.29. The number of nitrogens with zero attached hydrogens (tertiary/aromatic N) is 1. The number of aryl methyl sites for hydroxylation is 1. The first-order chi connectivity index (χ1) is 12.0. The zero-order valence-electron chi connectivity index (χ0n) is 13.9. The predicted molar refractivity (Wildman–Crippen MR) is 96.5 cm³/mol. The Hall–Kier alpha value is -3.15. The molecule has 2 aromatic carbocycles. The summed E-state index contributed by atoms with van der Waals surface area (Å²) in [5, 5.41) is 5.11. The molecule has 6 heteroatoms. The van der Waals surface area contributed by atoms with E-state index in [-0.39, 0.29) is 5.91 Å². The summed E-state index contributed by atoms with van der Waals surface area (Å²) in [5.74, 6) is -1.36. The van der Waals surface area contributed by atoms with Gasteiger partial charge in [-0.05, 0) is 49.2 Å². The van der Waals surface area contributed by atoms with E-state index in [1.54, 1.807) is 47.4 Å². The van der Waals surface area contributed by atoms with E-state index in [4.69, 9.17) is 0 Å². The van der Waals surface area contributed by atoms with E-state index in [9.17, 15) is 14.4 Å². The van der Waals surface area contributed by atoms with E-state index in [1.807, 2.05) is 13.0 Å². The van der Waals surface area contributed by atoms with E-state index in [0.717, 1.165) is 17.7 Å². The molecule has 0 aromatic heterocycles. The van der Waals surface area contributed by atoms with Crippen molar-refractivity contribution in [2.45, 2.75) is 19.8 Å². The first kappa shape index (κ1) is 16.7. The number of anilines is 3. The lowest BCUT2D eigenvalue weighted by Gasteiger charge is -2.19. The largest absolute Gasteiger partial charge is 0.318 e. The van der Waals surface area contributed by atoms with Crippen LogP contribution in [-0.4, -0.2) is 24.3 Å². The Morgan fingerprint density at radius 1 is 0.960 bits per heavy atom. The van der Waals surface area contributed by atoms with Crippen molar-refractivity contribution in [2.75, 3.05) is 22.1 Å². The van der Waals surface area contributed by atoms with Crippen LogP contribution >= 0.6 is 0 Å². The van der Waals surface area contributed by atoms with Crippen LogP contribution in [-0.2, 0) is 14.4 Å². The normalized spacial score (nSPS) is 13.6. The van der Waals surface area contributed by atoms with Crippen molar-refractivity contribution in [1.82, 2.24) is 0 Å². The van der Waals surface area contributed by atoms with Gasteiger partial charge in [0.2, 0.25) is 5.91 Å². The van der Waals surface area contributed by atoms with Crippen molar-refractivity contribution in [3.8, 4) is 0 Å². The first-order valence-corrected chi connectivity index (χ1v) is 8.13. The highest BCUT2D eigenvalue weighted by atomic mass is 16.2. The van der Waals surface area contributed by atoms with Crippen LogP contribution in [0, 0.1) is 6.92 Å². The number of hydrogen-bond donors (Lipinski definition) is 2. The predicted octanol–water partition coefficient (Wildman–Crippen LogP) is 2.70. The van der Waals surface area contributed by atoms with Crippen LogP contribution in [0.4, 0.5) is 17.1 Å². The number of hydrogen-bond acceptors (Lipinski definition) is 3. The molecule has 1 heterocycles. The smallest absolute Gasteiger partial charge is 0.314 e. The minimum atomic E-state index is -0.742. The van der Waals surface area contributed by atoms with Gasteiger partial charge in [-0.15, -0.1) is 0 Å². The maximum atomic E-state index is 12.0. The van der Waals surface area contributed by atoms with Crippen molar-refractivity contribution in [3.63, 3.8) is 0 Å². The van der Waals surface area contributed by atoms with Gasteiger partial charge in [-0.25, -0.2) is 0 Å². The van der Waals surface area contributed by atoms with Crippen LogP contribution in [0.1, 0.15) is 18.4 Å². The molecule has 2 aromatic rings. The van der Waals surface area contributed by atoms with Gasteiger partial charge >= 0.3 is 11.8 Å². The maximum absolute atomic E-state index is 12.0. The van der Waals surface area contributed by atoms with Gasteiger partial charge in [0.05, 0.1) is 0 Å². The molecule has 1 saturated heterocycles. The number of nitrogens with one attached hydrogen (secondary N) is 2. The molecule has 0 atom stereocenters. The highest BCUT2D eigenvalue weighted by molar-refractivity contribution is 6.43. The summed E-state index contributed by atoms with van der Waals surface area (Å²) in [4.78, 5) is 37.6. The molecule has 0 radical (unpaired) electrons. The zero-order chi connectivity index (χ0) is 17.8. The third-order valence-electron chi connectivity index (χ3n) is 4.06. The van der Waals surface area contributed by atoms with Crippen molar-refractivity contribution >= 4 is 34.8 Å². The molecule has 25 heavy (non-hydrogen) atoms. The van der Waals surface area contributed by atoms with Crippen molar-refractivity contribution in [1.29, 1.82) is 0 Å². The van der Waals surface area contributed by atoms with Crippen molar-refractivity contribution < 1.29 is 14.4 Å². The second kappa shape index (κ2) is 7.17. The molecule has 2 N–H and O–H groups in total. The lowest BCUT2D eigenvalue weighted by atomic mass is 10.1. The molecule has 3 amide bonds. The molecule has 1 aliphatic rings. The fourth-order valence-electron chi connectivity index (χ4n) is 2.84. The molecule has 0 saturated carbocycles. The summed E-state index contributed by atoms with van der Waals surface area (Å²) < 4.78 is 0. The quantitative estimate of drug-likeness (QED) is 0.845. The third kappa shape index (κ3) is 3.85. The fourth-order valence-corrected chi connectivity index (χ4v) is 2.84. The van der Waals surface area contributed by atoms with E-state index >= 15 is 0 Å². The van der Waals surface area contributed by atoms with Crippen LogP contribution in [0.2, 0.25) is 0 Å². The van der Waals surface area contributed by atoms with Gasteiger partial charge in [-0.2, -0.15) is 0 Å². The first-order valence-electron chi connectivity index (χ1n) is 8.13. The molecular formula is C19H19N3O3. The van der Waals surface area contributed by atoms with E-state index in [1.165, 1.54) is 0 Å². The van der Waals surface area contributed by atoms with Crippen molar-refractivity contribution in [3.05, 3.63) is 54.1 Å². The summed E-state index contributed by atoms with van der Waals surface area (Å²) in [5.41, 5.74) is 2.79. The third-order valence-corrected chi connectivity index (χ3v) is 4.06. The standard InChI is InChI=1S/C19H19N3O3/c1-13-12-15(9-10-16(13)22-11-5-8-17(22)23)21-19(25)18(24)20-14-6-3-2-4-7-14/h2-4,6-7,9-10,12H,5,8,11H2,1H3,(H,20,24)(H,21,25). The monoisotopic (exact) mass is 337 g/mol. The Morgan fingerprint density at radius 3 is 2.24 bits per heavy atom. The molecule has 0 spiro atoms.